The minimum absolute atomic E-state index is 0.0289. The third-order valence-corrected chi connectivity index (χ3v) is 4.78. The molecule has 0 aliphatic carbocycles. The summed E-state index contributed by atoms with van der Waals surface area (Å²) in [5, 5.41) is 0. The van der Waals surface area contributed by atoms with E-state index in [-0.39, 0.29) is 6.17 Å². The molecule has 0 saturated heterocycles. The number of ether oxygens (including phenoxy) is 1. The Labute approximate surface area is 154 Å². The van der Waals surface area contributed by atoms with Crippen LogP contribution in [0, 0.1) is 6.92 Å². The van der Waals surface area contributed by atoms with Crippen molar-refractivity contribution in [3.05, 3.63) is 95.6 Å². The van der Waals surface area contributed by atoms with Crippen molar-refractivity contribution in [3.63, 3.8) is 0 Å². The predicted molar refractivity (Wildman–Crippen MR) is 107 cm³/mol. The molecule has 0 bridgehead atoms. The van der Waals surface area contributed by atoms with Gasteiger partial charge < -0.3 is 9.64 Å². The van der Waals surface area contributed by atoms with Crippen LogP contribution in [0.4, 0.5) is 5.69 Å². The first-order valence-corrected chi connectivity index (χ1v) is 8.84. The predicted octanol–water partition coefficient (Wildman–Crippen LogP) is 5.01. The summed E-state index contributed by atoms with van der Waals surface area (Å²) in [5.74, 6) is 0.862. The van der Waals surface area contributed by atoms with Crippen LogP contribution in [0.3, 0.4) is 0 Å². The van der Waals surface area contributed by atoms with Gasteiger partial charge in [-0.1, -0.05) is 60.2 Å². The van der Waals surface area contributed by atoms with E-state index in [2.05, 4.69) is 72.5 Å². The first-order valence-electron chi connectivity index (χ1n) is 8.84. The molecule has 0 saturated carbocycles. The van der Waals surface area contributed by atoms with Crippen molar-refractivity contribution < 1.29 is 4.74 Å². The van der Waals surface area contributed by atoms with Gasteiger partial charge in [0.15, 0.2) is 0 Å². The highest BCUT2D eigenvalue weighted by Crippen LogP contribution is 2.34. The maximum absolute atomic E-state index is 5.30. The lowest BCUT2D eigenvalue weighted by Crippen LogP contribution is -2.26. The van der Waals surface area contributed by atoms with E-state index in [1.807, 2.05) is 18.2 Å². The number of aryl methyl sites for hydroxylation is 1. The highest BCUT2D eigenvalue weighted by Gasteiger charge is 2.28. The molecule has 0 fully saturated rings. The monoisotopic (exact) mass is 342 g/mol. The van der Waals surface area contributed by atoms with Crippen LogP contribution in [0.15, 0.2) is 83.9 Å². The molecule has 0 aromatic heterocycles. The van der Waals surface area contributed by atoms with Crippen molar-refractivity contribution in [1.82, 2.24) is 0 Å². The second-order valence-electron chi connectivity index (χ2n) is 6.55. The van der Waals surface area contributed by atoms with Crippen molar-refractivity contribution in [2.45, 2.75) is 13.1 Å². The molecule has 26 heavy (non-hydrogen) atoms. The molecule has 0 radical (unpaired) electrons. The number of nitrogens with zero attached hydrogens (tertiary/aromatic N) is 2. The average molecular weight is 342 g/mol. The normalized spacial score (nSPS) is 16.5. The zero-order valence-corrected chi connectivity index (χ0v) is 15.1. The molecule has 3 heteroatoms. The van der Waals surface area contributed by atoms with Gasteiger partial charge in [0.1, 0.15) is 11.9 Å². The molecule has 3 nitrogen and oxygen atoms in total. The van der Waals surface area contributed by atoms with Gasteiger partial charge in [-0.3, -0.25) is 4.99 Å². The number of aliphatic imine (C=N–C) groups is 1. The number of rotatable bonds is 4. The van der Waals surface area contributed by atoms with Gasteiger partial charge in [-0.25, -0.2) is 0 Å². The standard InChI is InChI=1S/C23H22N2O/c1-17-8-12-20(13-9-17)25-16-22(18-6-4-3-5-7-18)24-23(25)19-10-14-21(26-2)15-11-19/h3-15,23H,16H2,1-2H3. The molecule has 1 aliphatic heterocycles. The van der Waals surface area contributed by atoms with E-state index in [0.717, 1.165) is 23.6 Å². The SMILES string of the molecule is COc1ccc(C2N=C(c3ccccc3)CN2c2ccc(C)cc2)cc1. The number of hydrogen-bond acceptors (Lipinski definition) is 3. The Kier molecular flexibility index (Phi) is 4.44. The molecule has 1 aliphatic rings. The fraction of sp³-hybridized carbons (Fsp3) is 0.174. The van der Waals surface area contributed by atoms with Crippen LogP contribution in [-0.2, 0) is 0 Å². The Morgan fingerprint density at radius 2 is 1.58 bits per heavy atom. The average Bonchev–Trinajstić information content (AvgIpc) is 3.15. The number of benzene rings is 3. The molecule has 4 rings (SSSR count). The van der Waals surface area contributed by atoms with Crippen molar-refractivity contribution >= 4 is 11.4 Å². The molecule has 1 heterocycles. The van der Waals surface area contributed by atoms with E-state index in [9.17, 15) is 0 Å². The minimum Gasteiger partial charge on any atom is -0.497 e. The highest BCUT2D eigenvalue weighted by molar-refractivity contribution is 6.05. The summed E-state index contributed by atoms with van der Waals surface area (Å²) >= 11 is 0. The van der Waals surface area contributed by atoms with Crippen LogP contribution >= 0.6 is 0 Å². The molecule has 130 valence electrons. The molecule has 1 atom stereocenters. The summed E-state index contributed by atoms with van der Waals surface area (Å²) in [6.45, 7) is 2.91. The summed E-state index contributed by atoms with van der Waals surface area (Å²) in [6.07, 6.45) is -0.0289. The van der Waals surface area contributed by atoms with E-state index < -0.39 is 0 Å². The third-order valence-electron chi connectivity index (χ3n) is 4.78. The fourth-order valence-electron chi connectivity index (χ4n) is 3.30. The van der Waals surface area contributed by atoms with Gasteiger partial charge in [-0.15, -0.1) is 0 Å². The van der Waals surface area contributed by atoms with E-state index in [4.69, 9.17) is 9.73 Å². The van der Waals surface area contributed by atoms with Gasteiger partial charge in [-0.05, 0) is 42.3 Å². The number of methoxy groups -OCH3 is 1. The van der Waals surface area contributed by atoms with E-state index in [1.165, 1.54) is 16.8 Å². The molecular weight excluding hydrogens is 320 g/mol. The Morgan fingerprint density at radius 1 is 0.885 bits per heavy atom. The second-order valence-corrected chi connectivity index (χ2v) is 6.55. The first-order chi connectivity index (χ1) is 12.7. The fourth-order valence-corrected chi connectivity index (χ4v) is 3.30. The van der Waals surface area contributed by atoms with Gasteiger partial charge in [0.05, 0.1) is 19.4 Å². The van der Waals surface area contributed by atoms with Crippen LogP contribution in [0.5, 0.6) is 5.75 Å². The van der Waals surface area contributed by atoms with E-state index >= 15 is 0 Å². The first kappa shape index (κ1) is 16.4. The lowest BCUT2D eigenvalue weighted by atomic mass is 10.1. The topological polar surface area (TPSA) is 24.8 Å². The van der Waals surface area contributed by atoms with E-state index in [1.54, 1.807) is 7.11 Å². The zero-order chi connectivity index (χ0) is 17.9. The van der Waals surface area contributed by atoms with Crippen LogP contribution in [0.1, 0.15) is 22.9 Å². The zero-order valence-electron chi connectivity index (χ0n) is 15.1. The van der Waals surface area contributed by atoms with Crippen molar-refractivity contribution in [1.29, 1.82) is 0 Å². The maximum Gasteiger partial charge on any atom is 0.147 e. The molecule has 3 aromatic rings. The van der Waals surface area contributed by atoms with Crippen LogP contribution in [0.2, 0.25) is 0 Å². The Hall–Kier alpha value is -3.07. The maximum atomic E-state index is 5.30. The Bertz CT molecular complexity index is 899. The highest BCUT2D eigenvalue weighted by atomic mass is 16.5. The van der Waals surface area contributed by atoms with Gasteiger partial charge >= 0.3 is 0 Å². The summed E-state index contributed by atoms with van der Waals surface area (Å²) in [6, 6.07) is 27.3. The summed E-state index contributed by atoms with van der Waals surface area (Å²) in [5.41, 5.74) is 5.91. The van der Waals surface area contributed by atoms with Gasteiger partial charge in [0.2, 0.25) is 0 Å². The molecule has 3 aromatic carbocycles. The molecule has 0 N–H and O–H groups in total. The van der Waals surface area contributed by atoms with E-state index in [0.29, 0.717) is 0 Å². The van der Waals surface area contributed by atoms with Gasteiger partial charge in [0, 0.05) is 5.69 Å². The molecule has 1 unspecified atom stereocenters. The summed E-state index contributed by atoms with van der Waals surface area (Å²) in [4.78, 5) is 7.42. The minimum atomic E-state index is -0.0289. The lowest BCUT2D eigenvalue weighted by Gasteiger charge is -2.26. The Morgan fingerprint density at radius 3 is 2.23 bits per heavy atom. The van der Waals surface area contributed by atoms with Crippen LogP contribution in [-0.4, -0.2) is 19.4 Å². The number of hydrogen-bond donors (Lipinski definition) is 0. The molecule has 0 spiro atoms. The lowest BCUT2D eigenvalue weighted by molar-refractivity contribution is 0.414. The van der Waals surface area contributed by atoms with Crippen molar-refractivity contribution in [2.75, 3.05) is 18.6 Å². The summed E-state index contributed by atoms with van der Waals surface area (Å²) < 4.78 is 5.30. The van der Waals surface area contributed by atoms with Gasteiger partial charge in [0.25, 0.3) is 0 Å². The quantitative estimate of drug-likeness (QED) is 0.666. The largest absolute Gasteiger partial charge is 0.497 e. The number of anilines is 1. The van der Waals surface area contributed by atoms with Gasteiger partial charge in [-0.2, -0.15) is 0 Å². The third kappa shape index (κ3) is 3.21. The van der Waals surface area contributed by atoms with Crippen molar-refractivity contribution in [2.24, 2.45) is 4.99 Å². The van der Waals surface area contributed by atoms with Crippen LogP contribution in [0.25, 0.3) is 0 Å². The summed E-state index contributed by atoms with van der Waals surface area (Å²) in [7, 11) is 1.69. The van der Waals surface area contributed by atoms with Crippen LogP contribution < -0.4 is 9.64 Å². The molecular formula is C23H22N2O. The smallest absolute Gasteiger partial charge is 0.147 e. The Balaban J connectivity index is 1.73. The molecule has 0 amide bonds. The van der Waals surface area contributed by atoms with Crippen molar-refractivity contribution in [3.8, 4) is 5.75 Å². The second kappa shape index (κ2) is 7.04.